The molecule has 0 spiro atoms. The number of rotatable bonds is 7. The number of carbonyl (C=O) groups is 1. The molecule has 1 atom stereocenters. The number of benzene rings is 2. The highest BCUT2D eigenvalue weighted by Gasteiger charge is 2.13. The number of carboxylic acid groups (broad SMARTS) is 1. The van der Waals surface area contributed by atoms with Crippen LogP contribution in [0, 0.1) is 0 Å². The first-order chi connectivity index (χ1) is 14.6. The predicted octanol–water partition coefficient (Wildman–Crippen LogP) is 5.02. The Labute approximate surface area is 179 Å². The van der Waals surface area contributed by atoms with Gasteiger partial charge in [0.25, 0.3) is 0 Å². The first-order valence-electron chi connectivity index (χ1n) is 9.67. The van der Waals surface area contributed by atoms with E-state index in [0.717, 1.165) is 27.5 Å². The summed E-state index contributed by atoms with van der Waals surface area (Å²) in [5.41, 5.74) is 3.14. The molecule has 2 N–H and O–H groups in total. The number of nitrogens with one attached hydrogen (secondary N) is 1. The summed E-state index contributed by atoms with van der Waals surface area (Å²) >= 11 is 5.93. The number of hydrogen-bond donors (Lipinski definition) is 2. The van der Waals surface area contributed by atoms with E-state index in [1.807, 2.05) is 59.7 Å². The van der Waals surface area contributed by atoms with Crippen LogP contribution in [0.25, 0.3) is 21.9 Å². The average Bonchev–Trinajstić information content (AvgIpc) is 3.22. The van der Waals surface area contributed by atoms with Crippen LogP contribution in [-0.2, 0) is 13.0 Å². The normalized spacial score (nSPS) is 12.0. The Kier molecular flexibility index (Phi) is 5.95. The number of hydrogen-bond acceptors (Lipinski definition) is 3. The number of nitrogens with zero attached hydrogens (tertiary/aromatic N) is 3. The first kappa shape index (κ1) is 19.9. The van der Waals surface area contributed by atoms with Crippen molar-refractivity contribution in [2.24, 2.45) is 0 Å². The molecule has 0 fully saturated rings. The van der Waals surface area contributed by atoms with Gasteiger partial charge in [-0.1, -0.05) is 35.9 Å². The molecule has 6 nitrogen and oxygen atoms in total. The smallest absolute Gasteiger partial charge is 0.404 e. The molecule has 4 rings (SSSR count). The number of aromatic nitrogens is 3. The van der Waals surface area contributed by atoms with E-state index < -0.39 is 6.09 Å². The quantitative estimate of drug-likeness (QED) is 0.440. The fraction of sp³-hybridized carbons (Fsp3) is 0.174. The van der Waals surface area contributed by atoms with E-state index in [2.05, 4.69) is 27.5 Å². The van der Waals surface area contributed by atoms with Gasteiger partial charge in [-0.25, -0.2) is 4.79 Å². The molecule has 2 aromatic heterocycles. The van der Waals surface area contributed by atoms with Gasteiger partial charge in [-0.2, -0.15) is 5.10 Å². The minimum absolute atomic E-state index is 0.218. The summed E-state index contributed by atoms with van der Waals surface area (Å²) in [7, 11) is 0. The van der Waals surface area contributed by atoms with Crippen LogP contribution >= 0.6 is 11.6 Å². The zero-order chi connectivity index (χ0) is 20.9. The predicted molar refractivity (Wildman–Crippen MR) is 118 cm³/mol. The van der Waals surface area contributed by atoms with Crippen molar-refractivity contribution >= 4 is 28.5 Å². The second-order valence-corrected chi connectivity index (χ2v) is 7.63. The van der Waals surface area contributed by atoms with E-state index in [1.165, 1.54) is 0 Å². The molecule has 0 saturated heterocycles. The van der Waals surface area contributed by atoms with E-state index in [0.29, 0.717) is 24.4 Å². The van der Waals surface area contributed by atoms with Gasteiger partial charge >= 0.3 is 6.09 Å². The molecule has 0 aliphatic heterocycles. The number of pyridine rings is 1. The van der Waals surface area contributed by atoms with Gasteiger partial charge in [0.1, 0.15) is 0 Å². The highest BCUT2D eigenvalue weighted by Crippen LogP contribution is 2.23. The Balaban J connectivity index is 1.44. The first-order valence-corrected chi connectivity index (χ1v) is 10.0. The second-order valence-electron chi connectivity index (χ2n) is 7.20. The van der Waals surface area contributed by atoms with Gasteiger partial charge in [0, 0.05) is 47.1 Å². The maximum atomic E-state index is 11.2. The molecule has 0 aliphatic carbocycles. The molecule has 2 aromatic carbocycles. The fourth-order valence-electron chi connectivity index (χ4n) is 3.49. The van der Waals surface area contributed by atoms with Crippen LogP contribution in [0.2, 0.25) is 5.02 Å². The van der Waals surface area contributed by atoms with Crippen molar-refractivity contribution in [2.45, 2.75) is 25.4 Å². The van der Waals surface area contributed by atoms with E-state index in [9.17, 15) is 9.90 Å². The van der Waals surface area contributed by atoms with Crippen LogP contribution in [0.3, 0.4) is 0 Å². The average molecular weight is 421 g/mol. The number of fused-ring (bicyclic) bond motifs is 1. The maximum absolute atomic E-state index is 11.2. The van der Waals surface area contributed by atoms with Gasteiger partial charge in [0.05, 0.1) is 6.20 Å². The van der Waals surface area contributed by atoms with Crippen molar-refractivity contribution in [1.29, 1.82) is 0 Å². The Morgan fingerprint density at radius 2 is 1.90 bits per heavy atom. The molecule has 30 heavy (non-hydrogen) atoms. The molecular formula is C23H21ClN4O2. The highest BCUT2D eigenvalue weighted by atomic mass is 35.5. The van der Waals surface area contributed by atoms with Crippen molar-refractivity contribution in [3.8, 4) is 11.1 Å². The van der Waals surface area contributed by atoms with E-state index in [-0.39, 0.29) is 6.04 Å². The van der Waals surface area contributed by atoms with Gasteiger partial charge in [0.2, 0.25) is 0 Å². The van der Waals surface area contributed by atoms with E-state index in [4.69, 9.17) is 11.6 Å². The van der Waals surface area contributed by atoms with Crippen molar-refractivity contribution in [1.82, 2.24) is 20.1 Å². The molecule has 0 bridgehead atoms. The summed E-state index contributed by atoms with van der Waals surface area (Å²) in [6.45, 7) is 0.607. The van der Waals surface area contributed by atoms with Crippen LogP contribution in [0.1, 0.15) is 12.0 Å². The highest BCUT2D eigenvalue weighted by molar-refractivity contribution is 6.30. The lowest BCUT2D eigenvalue weighted by molar-refractivity contribution is 0.188. The monoisotopic (exact) mass is 420 g/mol. The minimum atomic E-state index is -1.03. The van der Waals surface area contributed by atoms with Crippen LogP contribution < -0.4 is 5.32 Å². The third-order valence-corrected chi connectivity index (χ3v) is 5.29. The van der Waals surface area contributed by atoms with Crippen molar-refractivity contribution < 1.29 is 9.90 Å². The number of aryl methyl sites for hydroxylation is 1. The molecule has 2 heterocycles. The standard InChI is InChI=1S/C23H21ClN4O2/c24-21-5-1-16(2-6-21)11-22(27-23(29)30)8-10-28-15-20(14-26-28)17-3-4-19-13-25-9-7-18(19)12-17/h1-7,9,12-15,22,27H,8,10-11H2,(H,29,30)/t22-/m1/s1. The fourth-order valence-corrected chi connectivity index (χ4v) is 3.62. The summed E-state index contributed by atoms with van der Waals surface area (Å²) in [6.07, 6.45) is 7.64. The zero-order valence-electron chi connectivity index (χ0n) is 16.2. The third kappa shape index (κ3) is 4.96. The van der Waals surface area contributed by atoms with E-state index >= 15 is 0 Å². The summed E-state index contributed by atoms with van der Waals surface area (Å²) in [4.78, 5) is 15.3. The number of halogens is 1. The maximum Gasteiger partial charge on any atom is 0.404 e. The van der Waals surface area contributed by atoms with Crippen molar-refractivity contribution in [3.05, 3.63) is 83.9 Å². The van der Waals surface area contributed by atoms with Gasteiger partial charge in [-0.15, -0.1) is 0 Å². The lowest BCUT2D eigenvalue weighted by Gasteiger charge is -2.17. The minimum Gasteiger partial charge on any atom is -0.465 e. The SMILES string of the molecule is O=C(O)N[C@H](CCn1cc(-c2ccc3cnccc3c2)cn1)Cc1ccc(Cl)cc1. The Morgan fingerprint density at radius 1 is 1.07 bits per heavy atom. The molecule has 0 radical (unpaired) electrons. The lowest BCUT2D eigenvalue weighted by atomic mass is 10.0. The Morgan fingerprint density at radius 3 is 2.70 bits per heavy atom. The Bertz CT molecular complexity index is 1160. The molecule has 0 saturated carbocycles. The summed E-state index contributed by atoms with van der Waals surface area (Å²) in [6, 6.07) is 15.5. The van der Waals surface area contributed by atoms with E-state index in [1.54, 1.807) is 6.20 Å². The largest absolute Gasteiger partial charge is 0.465 e. The molecule has 152 valence electrons. The van der Waals surface area contributed by atoms with Crippen molar-refractivity contribution in [3.63, 3.8) is 0 Å². The van der Waals surface area contributed by atoms with Crippen LogP contribution in [-0.4, -0.2) is 32.0 Å². The van der Waals surface area contributed by atoms with Crippen molar-refractivity contribution in [2.75, 3.05) is 0 Å². The lowest BCUT2D eigenvalue weighted by Crippen LogP contribution is -2.36. The molecule has 0 unspecified atom stereocenters. The van der Waals surface area contributed by atoms with Gasteiger partial charge < -0.3 is 10.4 Å². The zero-order valence-corrected chi connectivity index (χ0v) is 17.0. The molecule has 1 amide bonds. The van der Waals surface area contributed by atoms with Crippen LogP contribution in [0.4, 0.5) is 4.79 Å². The third-order valence-electron chi connectivity index (χ3n) is 5.04. The van der Waals surface area contributed by atoms with Gasteiger partial charge in [0.15, 0.2) is 0 Å². The second kappa shape index (κ2) is 8.97. The summed E-state index contributed by atoms with van der Waals surface area (Å²) in [5.74, 6) is 0. The van der Waals surface area contributed by atoms with Crippen LogP contribution in [0.15, 0.2) is 73.3 Å². The topological polar surface area (TPSA) is 80.0 Å². The summed E-state index contributed by atoms with van der Waals surface area (Å²) < 4.78 is 1.85. The molecular weight excluding hydrogens is 400 g/mol. The van der Waals surface area contributed by atoms with Gasteiger partial charge in [-0.05, 0) is 53.6 Å². The summed E-state index contributed by atoms with van der Waals surface area (Å²) in [5, 5.41) is 19.1. The van der Waals surface area contributed by atoms with Gasteiger partial charge in [-0.3, -0.25) is 9.67 Å². The van der Waals surface area contributed by atoms with Crippen LogP contribution in [0.5, 0.6) is 0 Å². The molecule has 7 heteroatoms. The molecule has 0 aliphatic rings. The Hall–Kier alpha value is -3.38. The molecule has 4 aromatic rings. The number of amides is 1.